The zero-order valence-corrected chi connectivity index (χ0v) is 18.9. The first-order chi connectivity index (χ1) is 14.3. The molecule has 0 fully saturated rings. The highest BCUT2D eigenvalue weighted by molar-refractivity contribution is 5.84. The van der Waals surface area contributed by atoms with Crippen molar-refractivity contribution in [2.45, 2.75) is 104 Å². The molecule has 30 heavy (non-hydrogen) atoms. The maximum atomic E-state index is 11.9. The molecule has 0 rings (SSSR count). The van der Waals surface area contributed by atoms with Gasteiger partial charge in [0.05, 0.1) is 0 Å². The summed E-state index contributed by atoms with van der Waals surface area (Å²) in [6, 6.07) is -0.820. The molecule has 0 bridgehead atoms. The molecule has 0 aromatic carbocycles. The van der Waals surface area contributed by atoms with Gasteiger partial charge >= 0.3 is 5.97 Å². The Bertz CT molecular complexity index is 554. The van der Waals surface area contributed by atoms with Crippen LogP contribution in [0.15, 0.2) is 24.3 Å². The van der Waals surface area contributed by atoms with Gasteiger partial charge in [0, 0.05) is 12.8 Å². The topological polar surface area (TPSA) is 104 Å². The molecule has 1 amide bonds. The lowest BCUT2D eigenvalue weighted by Gasteiger charge is -2.16. The lowest BCUT2D eigenvalue weighted by molar-refractivity contribution is -0.142. The molecule has 0 aliphatic rings. The molecule has 0 saturated heterocycles. The molecule has 3 N–H and O–H groups in total. The Balaban J connectivity index is 3.80. The Morgan fingerprint density at radius 2 is 1.57 bits per heavy atom. The highest BCUT2D eigenvalue weighted by Crippen LogP contribution is 2.11. The summed E-state index contributed by atoms with van der Waals surface area (Å²) < 4.78 is 0. The minimum atomic E-state index is -0.992. The fourth-order valence-electron chi connectivity index (χ4n) is 3.05. The molecular weight excluding hydrogens is 382 g/mol. The van der Waals surface area contributed by atoms with Crippen molar-refractivity contribution in [3.63, 3.8) is 0 Å². The molecule has 0 saturated carbocycles. The summed E-state index contributed by atoms with van der Waals surface area (Å²) >= 11 is 0. The van der Waals surface area contributed by atoms with Gasteiger partial charge in [0.2, 0.25) is 5.91 Å². The van der Waals surface area contributed by atoms with Crippen molar-refractivity contribution < 1.29 is 24.6 Å². The van der Waals surface area contributed by atoms with Gasteiger partial charge in [-0.15, -0.1) is 0 Å². The highest BCUT2D eigenvalue weighted by Gasteiger charge is 2.20. The molecule has 2 atom stereocenters. The van der Waals surface area contributed by atoms with E-state index in [-0.39, 0.29) is 24.0 Å². The average molecular weight is 424 g/mol. The number of hydrogen-bond acceptors (Lipinski definition) is 4. The number of rotatable bonds is 18. The molecule has 6 heteroatoms. The standard InChI is InChI=1S/C24H41NO5/c1-4-5-6-7-9-12-15-21(26)22(27)16-13-10-8-11-14-17-23(28)25-20(24(29)30)18-19(2)3/h5-6,9,12,19-20,22,27H,4,7-8,10-11,13-18H2,1-3H3,(H,25,28)(H,29,30)/b6-5+,12-9+/t20-,22?/m1/s1. The van der Waals surface area contributed by atoms with E-state index in [1.807, 2.05) is 26.0 Å². The number of allylic oxidation sites excluding steroid dienone is 4. The van der Waals surface area contributed by atoms with Crippen molar-refractivity contribution in [1.82, 2.24) is 5.32 Å². The Kier molecular flexibility index (Phi) is 16.7. The second-order valence-corrected chi connectivity index (χ2v) is 8.17. The Hall–Kier alpha value is -1.95. The SMILES string of the molecule is CC/C=C/C/C=C/CC(=O)C(O)CCCCCCCC(=O)N[C@H](CC(C)C)C(=O)O. The number of hydrogen-bond donors (Lipinski definition) is 3. The fraction of sp³-hybridized carbons (Fsp3) is 0.708. The summed E-state index contributed by atoms with van der Waals surface area (Å²) in [5.74, 6) is -1.15. The second-order valence-electron chi connectivity index (χ2n) is 8.17. The van der Waals surface area contributed by atoms with Gasteiger partial charge < -0.3 is 15.5 Å². The number of unbranched alkanes of at least 4 members (excludes halogenated alkanes) is 4. The molecule has 0 spiro atoms. The van der Waals surface area contributed by atoms with Crippen LogP contribution in [0.4, 0.5) is 0 Å². The quantitative estimate of drug-likeness (QED) is 0.221. The van der Waals surface area contributed by atoms with Gasteiger partial charge in [0.25, 0.3) is 0 Å². The Morgan fingerprint density at radius 1 is 0.933 bits per heavy atom. The normalized spacial score (nSPS) is 13.8. The number of carboxylic acids is 1. The Labute approximate surface area is 181 Å². The first-order valence-corrected chi connectivity index (χ1v) is 11.3. The van der Waals surface area contributed by atoms with Crippen molar-refractivity contribution in [2.24, 2.45) is 5.92 Å². The minimum absolute atomic E-state index is 0.142. The molecule has 0 radical (unpaired) electrons. The van der Waals surface area contributed by atoms with Gasteiger partial charge in [-0.2, -0.15) is 0 Å². The van der Waals surface area contributed by atoms with E-state index in [0.29, 0.717) is 25.7 Å². The van der Waals surface area contributed by atoms with Crippen molar-refractivity contribution >= 4 is 17.7 Å². The largest absolute Gasteiger partial charge is 0.480 e. The third kappa shape index (κ3) is 15.9. The van der Waals surface area contributed by atoms with Gasteiger partial charge in [-0.1, -0.05) is 70.8 Å². The third-order valence-electron chi connectivity index (χ3n) is 4.75. The zero-order valence-electron chi connectivity index (χ0n) is 18.9. The maximum Gasteiger partial charge on any atom is 0.326 e. The molecule has 0 heterocycles. The summed E-state index contributed by atoms with van der Waals surface area (Å²) in [5, 5.41) is 21.7. The van der Waals surface area contributed by atoms with E-state index < -0.39 is 18.1 Å². The van der Waals surface area contributed by atoms with E-state index in [0.717, 1.165) is 38.5 Å². The van der Waals surface area contributed by atoms with Crippen molar-refractivity contribution in [3.05, 3.63) is 24.3 Å². The van der Waals surface area contributed by atoms with Gasteiger partial charge in [0.1, 0.15) is 12.1 Å². The maximum absolute atomic E-state index is 11.9. The number of amides is 1. The number of aliphatic hydroxyl groups excluding tert-OH is 1. The van der Waals surface area contributed by atoms with E-state index in [1.54, 1.807) is 0 Å². The number of carboxylic acid groups (broad SMARTS) is 1. The summed E-state index contributed by atoms with van der Waals surface area (Å²) in [6.45, 7) is 5.92. The van der Waals surface area contributed by atoms with Gasteiger partial charge in [-0.05, 0) is 38.0 Å². The highest BCUT2D eigenvalue weighted by atomic mass is 16.4. The van der Waals surface area contributed by atoms with Crippen LogP contribution in [0.5, 0.6) is 0 Å². The lowest BCUT2D eigenvalue weighted by atomic mass is 10.0. The van der Waals surface area contributed by atoms with Gasteiger partial charge in [-0.25, -0.2) is 4.79 Å². The molecule has 172 valence electrons. The predicted octanol–water partition coefficient (Wildman–Crippen LogP) is 4.57. The molecule has 6 nitrogen and oxygen atoms in total. The van der Waals surface area contributed by atoms with Crippen LogP contribution >= 0.6 is 0 Å². The van der Waals surface area contributed by atoms with Crippen LogP contribution in [0, 0.1) is 5.92 Å². The van der Waals surface area contributed by atoms with Crippen LogP contribution in [0.25, 0.3) is 0 Å². The second kappa shape index (κ2) is 17.9. The van der Waals surface area contributed by atoms with Crippen LogP contribution in [-0.4, -0.2) is 40.0 Å². The first kappa shape index (κ1) is 28.1. The number of aliphatic hydroxyl groups is 1. The monoisotopic (exact) mass is 423 g/mol. The number of carbonyl (C=O) groups is 3. The van der Waals surface area contributed by atoms with Gasteiger partial charge in [0.15, 0.2) is 5.78 Å². The summed E-state index contributed by atoms with van der Waals surface area (Å²) in [6.07, 6.45) is 14.4. The van der Waals surface area contributed by atoms with E-state index in [9.17, 15) is 19.5 Å². The molecule has 0 aromatic heterocycles. The summed E-state index contributed by atoms with van der Waals surface area (Å²) in [5.41, 5.74) is 0. The number of ketones is 1. The van der Waals surface area contributed by atoms with E-state index in [2.05, 4.69) is 24.4 Å². The smallest absolute Gasteiger partial charge is 0.326 e. The van der Waals surface area contributed by atoms with Gasteiger partial charge in [-0.3, -0.25) is 9.59 Å². The molecule has 0 aromatic rings. The van der Waals surface area contributed by atoms with Crippen molar-refractivity contribution in [3.8, 4) is 0 Å². The number of carbonyl (C=O) groups excluding carboxylic acids is 2. The number of Topliss-reactive ketones (excluding diaryl/α,β-unsaturated/α-hetero) is 1. The predicted molar refractivity (Wildman–Crippen MR) is 120 cm³/mol. The summed E-state index contributed by atoms with van der Waals surface area (Å²) in [4.78, 5) is 34.9. The lowest BCUT2D eigenvalue weighted by Crippen LogP contribution is -2.41. The molecule has 0 aliphatic carbocycles. The minimum Gasteiger partial charge on any atom is -0.480 e. The summed E-state index contributed by atoms with van der Waals surface area (Å²) in [7, 11) is 0. The van der Waals surface area contributed by atoms with Crippen LogP contribution in [0.2, 0.25) is 0 Å². The van der Waals surface area contributed by atoms with Crippen LogP contribution in [-0.2, 0) is 14.4 Å². The van der Waals surface area contributed by atoms with Crippen LogP contribution in [0.1, 0.15) is 91.4 Å². The van der Waals surface area contributed by atoms with E-state index >= 15 is 0 Å². The van der Waals surface area contributed by atoms with Crippen LogP contribution in [0.3, 0.4) is 0 Å². The van der Waals surface area contributed by atoms with Crippen molar-refractivity contribution in [2.75, 3.05) is 0 Å². The van der Waals surface area contributed by atoms with Crippen LogP contribution < -0.4 is 5.32 Å². The molecule has 0 aliphatic heterocycles. The Morgan fingerprint density at radius 3 is 2.20 bits per heavy atom. The van der Waals surface area contributed by atoms with E-state index in [1.165, 1.54) is 0 Å². The number of nitrogens with one attached hydrogen (secondary N) is 1. The first-order valence-electron chi connectivity index (χ1n) is 11.3. The fourth-order valence-corrected chi connectivity index (χ4v) is 3.05. The zero-order chi connectivity index (χ0) is 22.8. The van der Waals surface area contributed by atoms with E-state index in [4.69, 9.17) is 5.11 Å². The average Bonchev–Trinajstić information content (AvgIpc) is 2.68. The molecular formula is C24H41NO5. The third-order valence-corrected chi connectivity index (χ3v) is 4.75. The number of aliphatic carboxylic acids is 1. The molecule has 1 unspecified atom stereocenters. The van der Waals surface area contributed by atoms with Crippen molar-refractivity contribution in [1.29, 1.82) is 0 Å².